The van der Waals surface area contributed by atoms with E-state index in [4.69, 9.17) is 0 Å². The number of benzene rings is 1. The van der Waals surface area contributed by atoms with Crippen molar-refractivity contribution in [2.24, 2.45) is 5.92 Å². The number of rotatable bonds is 9. The van der Waals surface area contributed by atoms with E-state index in [-0.39, 0.29) is 12.8 Å². The average Bonchev–Trinajstić information content (AvgIpc) is 2.66. The van der Waals surface area contributed by atoms with Crippen LogP contribution in [-0.4, -0.2) is 50.1 Å². The Balaban J connectivity index is 2.93. The zero-order valence-corrected chi connectivity index (χ0v) is 16.3. The Morgan fingerprint density at radius 1 is 0.964 bits per heavy atom. The summed E-state index contributed by atoms with van der Waals surface area (Å²) < 4.78 is 22.4. The molecule has 1 aromatic carbocycles. The molecule has 2 amide bonds. The van der Waals surface area contributed by atoms with Crippen LogP contribution < -0.4 is 10.6 Å². The second-order valence-electron chi connectivity index (χ2n) is 6.33. The Hall–Kier alpha value is -2.97. The molecule has 1 aromatic rings. The van der Waals surface area contributed by atoms with Crippen LogP contribution in [0, 0.1) is 11.7 Å². The van der Waals surface area contributed by atoms with E-state index < -0.39 is 47.6 Å². The fraction of sp³-hybridized carbons (Fsp3) is 0.474. The van der Waals surface area contributed by atoms with Gasteiger partial charge < -0.3 is 20.1 Å². The molecule has 0 spiro atoms. The molecule has 0 aliphatic rings. The Bertz CT molecular complexity index is 707. The van der Waals surface area contributed by atoms with E-state index in [0.29, 0.717) is 5.56 Å². The van der Waals surface area contributed by atoms with Crippen LogP contribution in [0.5, 0.6) is 0 Å². The van der Waals surface area contributed by atoms with E-state index in [2.05, 4.69) is 20.1 Å². The van der Waals surface area contributed by atoms with Crippen molar-refractivity contribution >= 4 is 23.8 Å². The van der Waals surface area contributed by atoms with Gasteiger partial charge in [0, 0.05) is 13.3 Å². The van der Waals surface area contributed by atoms with Crippen molar-refractivity contribution in [3.05, 3.63) is 35.6 Å². The summed E-state index contributed by atoms with van der Waals surface area (Å²) in [6.07, 6.45) is 0.0561. The van der Waals surface area contributed by atoms with E-state index in [9.17, 15) is 23.6 Å². The van der Waals surface area contributed by atoms with Gasteiger partial charge in [0.2, 0.25) is 11.8 Å². The second kappa shape index (κ2) is 11.0. The van der Waals surface area contributed by atoms with Crippen molar-refractivity contribution in [3.8, 4) is 0 Å². The van der Waals surface area contributed by atoms with Gasteiger partial charge in [0.25, 0.3) is 0 Å². The third-order valence-corrected chi connectivity index (χ3v) is 4.04. The largest absolute Gasteiger partial charge is 0.469 e. The van der Waals surface area contributed by atoms with E-state index >= 15 is 0 Å². The van der Waals surface area contributed by atoms with E-state index in [0.717, 1.165) is 7.11 Å². The standard InChI is InChI=1S/C19H25FN2O6/c1-11(18(25)27-3)9-16(19(26)28-4)22-17(24)15(21-12(2)23)10-13-5-7-14(20)8-6-13/h5-8,11,15-16H,9-10H2,1-4H3,(H,21,23)(H,22,24)/t11-,15+,16-/m1/s1. The van der Waals surface area contributed by atoms with Crippen LogP contribution in [0.4, 0.5) is 4.39 Å². The van der Waals surface area contributed by atoms with Gasteiger partial charge in [-0.3, -0.25) is 14.4 Å². The molecule has 0 aliphatic heterocycles. The van der Waals surface area contributed by atoms with Gasteiger partial charge in [-0.15, -0.1) is 0 Å². The fourth-order valence-electron chi connectivity index (χ4n) is 2.59. The minimum Gasteiger partial charge on any atom is -0.469 e. The third kappa shape index (κ3) is 7.34. The molecule has 0 saturated carbocycles. The van der Waals surface area contributed by atoms with Crippen LogP contribution in [0.15, 0.2) is 24.3 Å². The Labute approximate surface area is 162 Å². The average molecular weight is 396 g/mol. The molecule has 3 atom stereocenters. The quantitative estimate of drug-likeness (QED) is 0.596. The number of hydrogen-bond acceptors (Lipinski definition) is 6. The monoisotopic (exact) mass is 396 g/mol. The maximum absolute atomic E-state index is 13.1. The summed E-state index contributed by atoms with van der Waals surface area (Å²) in [6.45, 7) is 2.81. The van der Waals surface area contributed by atoms with Crippen molar-refractivity contribution in [1.29, 1.82) is 0 Å². The molecule has 0 fully saturated rings. The summed E-state index contributed by atoms with van der Waals surface area (Å²) in [5, 5.41) is 5.01. The number of carbonyl (C=O) groups is 4. The minimum atomic E-state index is -1.10. The molecular weight excluding hydrogens is 371 g/mol. The number of amides is 2. The second-order valence-corrected chi connectivity index (χ2v) is 6.33. The SMILES string of the molecule is COC(=O)[C@H](C)C[C@@H](NC(=O)[C@H](Cc1ccc(F)cc1)NC(C)=O)C(=O)OC. The molecule has 9 heteroatoms. The summed E-state index contributed by atoms with van der Waals surface area (Å²) in [5.74, 6) is -3.43. The van der Waals surface area contributed by atoms with Crippen LogP contribution in [0.2, 0.25) is 0 Å². The predicted octanol–water partition coefficient (Wildman–Crippen LogP) is 0.730. The van der Waals surface area contributed by atoms with E-state index in [1.54, 1.807) is 6.92 Å². The number of carbonyl (C=O) groups excluding carboxylic acids is 4. The lowest BCUT2D eigenvalue weighted by atomic mass is 10.0. The number of hydrogen-bond donors (Lipinski definition) is 2. The van der Waals surface area contributed by atoms with Crippen LogP contribution in [0.1, 0.15) is 25.8 Å². The predicted molar refractivity (Wildman–Crippen MR) is 97.5 cm³/mol. The number of halogens is 1. The van der Waals surface area contributed by atoms with Crippen molar-refractivity contribution in [1.82, 2.24) is 10.6 Å². The normalized spacial score (nSPS) is 13.6. The first-order valence-electron chi connectivity index (χ1n) is 8.65. The lowest BCUT2D eigenvalue weighted by Crippen LogP contribution is -2.53. The molecule has 1 rings (SSSR count). The molecule has 28 heavy (non-hydrogen) atoms. The summed E-state index contributed by atoms with van der Waals surface area (Å²) in [5.41, 5.74) is 0.618. The molecule has 8 nitrogen and oxygen atoms in total. The van der Waals surface area contributed by atoms with Gasteiger partial charge in [0.1, 0.15) is 17.9 Å². The highest BCUT2D eigenvalue weighted by Gasteiger charge is 2.30. The van der Waals surface area contributed by atoms with Crippen molar-refractivity contribution in [2.45, 2.75) is 38.8 Å². The highest BCUT2D eigenvalue weighted by atomic mass is 19.1. The summed E-state index contributed by atoms with van der Waals surface area (Å²) in [6, 6.07) is 3.38. The number of ether oxygens (including phenoxy) is 2. The lowest BCUT2D eigenvalue weighted by Gasteiger charge is -2.23. The van der Waals surface area contributed by atoms with Crippen molar-refractivity contribution in [3.63, 3.8) is 0 Å². The van der Waals surface area contributed by atoms with Crippen LogP contribution >= 0.6 is 0 Å². The van der Waals surface area contributed by atoms with Gasteiger partial charge in [-0.1, -0.05) is 19.1 Å². The van der Waals surface area contributed by atoms with E-state index in [1.807, 2.05) is 0 Å². The Kier molecular flexibility index (Phi) is 9.07. The van der Waals surface area contributed by atoms with Crippen molar-refractivity contribution < 1.29 is 33.0 Å². The number of nitrogens with one attached hydrogen (secondary N) is 2. The van der Waals surface area contributed by atoms with Gasteiger partial charge in [-0.25, -0.2) is 9.18 Å². The van der Waals surface area contributed by atoms with Gasteiger partial charge >= 0.3 is 11.9 Å². The first kappa shape index (κ1) is 23.1. The van der Waals surface area contributed by atoms with Gasteiger partial charge in [0.15, 0.2) is 0 Å². The lowest BCUT2D eigenvalue weighted by molar-refractivity contribution is -0.149. The smallest absolute Gasteiger partial charge is 0.328 e. The first-order chi connectivity index (χ1) is 13.2. The van der Waals surface area contributed by atoms with Crippen molar-refractivity contribution in [2.75, 3.05) is 14.2 Å². The molecule has 0 bridgehead atoms. The van der Waals surface area contributed by atoms with Crippen LogP contribution in [0.25, 0.3) is 0 Å². The minimum absolute atomic E-state index is 0.0333. The molecule has 2 N–H and O–H groups in total. The first-order valence-corrected chi connectivity index (χ1v) is 8.65. The zero-order valence-electron chi connectivity index (χ0n) is 16.3. The fourth-order valence-corrected chi connectivity index (χ4v) is 2.59. The number of esters is 2. The van der Waals surface area contributed by atoms with Crippen LogP contribution in [0.3, 0.4) is 0 Å². The van der Waals surface area contributed by atoms with Gasteiger partial charge in [-0.05, 0) is 24.1 Å². The molecule has 0 radical (unpaired) electrons. The molecule has 0 saturated heterocycles. The molecule has 0 aromatic heterocycles. The van der Waals surface area contributed by atoms with Crippen LogP contribution in [-0.2, 0) is 35.1 Å². The Morgan fingerprint density at radius 2 is 1.54 bits per heavy atom. The third-order valence-electron chi connectivity index (χ3n) is 4.04. The summed E-state index contributed by atoms with van der Waals surface area (Å²) in [7, 11) is 2.38. The summed E-state index contributed by atoms with van der Waals surface area (Å²) in [4.78, 5) is 47.8. The highest BCUT2D eigenvalue weighted by molar-refractivity contribution is 5.90. The molecule has 0 heterocycles. The summed E-state index contributed by atoms with van der Waals surface area (Å²) >= 11 is 0. The number of methoxy groups -OCH3 is 2. The molecule has 0 aliphatic carbocycles. The molecular formula is C19H25FN2O6. The van der Waals surface area contributed by atoms with Gasteiger partial charge in [0.05, 0.1) is 20.1 Å². The maximum Gasteiger partial charge on any atom is 0.328 e. The Morgan fingerprint density at radius 3 is 2.04 bits per heavy atom. The molecule has 0 unspecified atom stereocenters. The topological polar surface area (TPSA) is 111 Å². The van der Waals surface area contributed by atoms with E-state index in [1.165, 1.54) is 38.3 Å². The highest BCUT2D eigenvalue weighted by Crippen LogP contribution is 2.11. The molecule has 154 valence electrons. The zero-order chi connectivity index (χ0) is 21.3. The van der Waals surface area contributed by atoms with Gasteiger partial charge in [-0.2, -0.15) is 0 Å². The maximum atomic E-state index is 13.1.